The minimum atomic E-state index is -3.03. The van der Waals surface area contributed by atoms with Gasteiger partial charge in [-0.25, -0.2) is 0 Å². The van der Waals surface area contributed by atoms with Crippen LogP contribution in [0.25, 0.3) is 0 Å². The number of halogens is 2. The molecule has 0 aliphatic heterocycles. The van der Waals surface area contributed by atoms with Crippen LogP contribution in [0.3, 0.4) is 0 Å². The molecule has 0 radical (unpaired) electrons. The van der Waals surface area contributed by atoms with Gasteiger partial charge in [0.05, 0.1) is 10.6 Å². The van der Waals surface area contributed by atoms with Gasteiger partial charge >= 0.3 is 6.61 Å². The lowest BCUT2D eigenvalue weighted by Crippen LogP contribution is -2.14. The fourth-order valence-electron chi connectivity index (χ4n) is 1.91. The molecule has 0 aromatic heterocycles. The molecule has 1 N–H and O–H groups in total. The molecule has 0 bridgehead atoms. The third-order valence-corrected chi connectivity index (χ3v) is 3.02. The van der Waals surface area contributed by atoms with Crippen molar-refractivity contribution in [2.75, 3.05) is 5.32 Å². The van der Waals surface area contributed by atoms with Gasteiger partial charge in [0.2, 0.25) is 0 Å². The molecular formula is C15H12F2N2O4. The maximum absolute atomic E-state index is 12.3. The number of alkyl halides is 2. The van der Waals surface area contributed by atoms with Crippen molar-refractivity contribution in [3.05, 3.63) is 63.7 Å². The van der Waals surface area contributed by atoms with E-state index in [2.05, 4.69) is 10.1 Å². The van der Waals surface area contributed by atoms with Crippen LogP contribution in [0, 0.1) is 17.0 Å². The lowest BCUT2D eigenvalue weighted by molar-refractivity contribution is -0.385. The fourth-order valence-corrected chi connectivity index (χ4v) is 1.91. The summed E-state index contributed by atoms with van der Waals surface area (Å²) in [5, 5.41) is 13.3. The number of hydrogen-bond donors (Lipinski definition) is 1. The number of carbonyl (C=O) groups is 1. The summed E-state index contributed by atoms with van der Waals surface area (Å²) in [7, 11) is 0. The van der Waals surface area contributed by atoms with Crippen molar-refractivity contribution in [1.82, 2.24) is 0 Å². The molecule has 23 heavy (non-hydrogen) atoms. The first-order valence-electron chi connectivity index (χ1n) is 6.48. The van der Waals surface area contributed by atoms with Crippen molar-refractivity contribution < 1.29 is 23.2 Å². The normalized spacial score (nSPS) is 10.4. The molecule has 0 atom stereocenters. The van der Waals surface area contributed by atoms with Crippen molar-refractivity contribution >= 4 is 17.3 Å². The zero-order chi connectivity index (χ0) is 17.0. The van der Waals surface area contributed by atoms with Gasteiger partial charge in [-0.05, 0) is 25.1 Å². The van der Waals surface area contributed by atoms with Crippen LogP contribution in [0.4, 0.5) is 20.2 Å². The van der Waals surface area contributed by atoms with Crippen molar-refractivity contribution in [3.8, 4) is 5.75 Å². The monoisotopic (exact) mass is 322 g/mol. The number of amides is 1. The SMILES string of the molecule is Cc1ccc(C(=O)Nc2ccccc2OC(F)F)cc1[N+](=O)[O-]. The summed E-state index contributed by atoms with van der Waals surface area (Å²) in [6, 6.07) is 9.65. The number of rotatable bonds is 5. The van der Waals surface area contributed by atoms with Crippen LogP contribution in [0.5, 0.6) is 5.75 Å². The summed E-state index contributed by atoms with van der Waals surface area (Å²) in [5.41, 5.74) is 0.290. The van der Waals surface area contributed by atoms with Gasteiger partial charge in [-0.3, -0.25) is 14.9 Å². The molecule has 0 unspecified atom stereocenters. The molecule has 0 heterocycles. The minimum Gasteiger partial charge on any atom is -0.433 e. The molecule has 0 saturated carbocycles. The van der Waals surface area contributed by atoms with Gasteiger partial charge < -0.3 is 10.1 Å². The number of carbonyl (C=O) groups excluding carboxylic acids is 1. The predicted octanol–water partition coefficient (Wildman–Crippen LogP) is 3.76. The summed E-state index contributed by atoms with van der Waals surface area (Å²) >= 11 is 0. The molecule has 0 spiro atoms. The van der Waals surface area contributed by atoms with Crippen molar-refractivity contribution in [2.45, 2.75) is 13.5 Å². The minimum absolute atomic E-state index is 0.0363. The fraction of sp³-hybridized carbons (Fsp3) is 0.133. The molecule has 2 rings (SSSR count). The smallest absolute Gasteiger partial charge is 0.387 e. The molecule has 6 nitrogen and oxygen atoms in total. The average molecular weight is 322 g/mol. The Balaban J connectivity index is 2.26. The number of nitro benzene ring substituents is 1. The van der Waals surface area contributed by atoms with Gasteiger partial charge in [0.25, 0.3) is 11.6 Å². The van der Waals surface area contributed by atoms with E-state index >= 15 is 0 Å². The van der Waals surface area contributed by atoms with Crippen molar-refractivity contribution in [1.29, 1.82) is 0 Å². The van der Waals surface area contributed by atoms with E-state index in [1.807, 2.05) is 0 Å². The number of hydrogen-bond acceptors (Lipinski definition) is 4. The Morgan fingerprint density at radius 1 is 1.26 bits per heavy atom. The zero-order valence-electron chi connectivity index (χ0n) is 12.0. The number of aryl methyl sites for hydroxylation is 1. The van der Waals surface area contributed by atoms with Gasteiger partial charge in [0.1, 0.15) is 5.75 Å². The standard InChI is InChI=1S/C15H12F2N2O4/c1-9-6-7-10(8-12(9)19(21)22)14(20)18-11-4-2-3-5-13(11)23-15(16)17/h2-8,15H,1H3,(H,18,20). The number of ether oxygens (including phenoxy) is 1. The second-order valence-corrected chi connectivity index (χ2v) is 4.59. The van der Waals surface area contributed by atoms with Crippen molar-refractivity contribution in [3.63, 3.8) is 0 Å². The lowest BCUT2D eigenvalue weighted by atomic mass is 10.1. The molecule has 0 aliphatic rings. The summed E-state index contributed by atoms with van der Waals surface area (Å²) < 4.78 is 29.0. The number of benzene rings is 2. The number of anilines is 1. The number of nitro groups is 1. The third kappa shape index (κ3) is 4.00. The first kappa shape index (κ1) is 16.3. The van der Waals surface area contributed by atoms with E-state index in [-0.39, 0.29) is 22.7 Å². The summed E-state index contributed by atoms with van der Waals surface area (Å²) in [6.45, 7) is -1.49. The van der Waals surface area contributed by atoms with Gasteiger partial charge in [-0.15, -0.1) is 0 Å². The number of para-hydroxylation sites is 2. The van der Waals surface area contributed by atoms with E-state index in [9.17, 15) is 23.7 Å². The van der Waals surface area contributed by atoms with Crippen LogP contribution in [-0.2, 0) is 0 Å². The molecule has 120 valence electrons. The van der Waals surface area contributed by atoms with Crippen molar-refractivity contribution in [2.24, 2.45) is 0 Å². The quantitative estimate of drug-likeness (QED) is 0.671. The molecule has 2 aromatic carbocycles. The Kier molecular flexibility index (Phi) is 4.85. The van der Waals surface area contributed by atoms with E-state index in [1.165, 1.54) is 36.4 Å². The van der Waals surface area contributed by atoms with Gasteiger partial charge in [-0.2, -0.15) is 8.78 Å². The molecular weight excluding hydrogens is 310 g/mol. The largest absolute Gasteiger partial charge is 0.433 e. The molecule has 0 fully saturated rings. The number of nitrogens with zero attached hydrogens (tertiary/aromatic N) is 1. The van der Waals surface area contributed by atoms with Gasteiger partial charge in [0.15, 0.2) is 0 Å². The highest BCUT2D eigenvalue weighted by Gasteiger charge is 2.17. The third-order valence-electron chi connectivity index (χ3n) is 3.02. The van der Waals surface area contributed by atoms with Crippen LogP contribution in [0.1, 0.15) is 15.9 Å². The van der Waals surface area contributed by atoms with E-state index in [4.69, 9.17) is 0 Å². The molecule has 1 amide bonds. The van der Waals surface area contributed by atoms with Gasteiger partial charge in [-0.1, -0.05) is 18.2 Å². The van der Waals surface area contributed by atoms with E-state index in [0.717, 1.165) is 6.07 Å². The van der Waals surface area contributed by atoms with Crippen LogP contribution < -0.4 is 10.1 Å². The van der Waals surface area contributed by atoms with Crippen LogP contribution in [0.15, 0.2) is 42.5 Å². The first-order valence-corrected chi connectivity index (χ1v) is 6.48. The maximum Gasteiger partial charge on any atom is 0.387 e. The highest BCUT2D eigenvalue weighted by Crippen LogP contribution is 2.26. The second kappa shape index (κ2) is 6.82. The molecule has 2 aromatic rings. The summed E-state index contributed by atoms with van der Waals surface area (Å²) in [4.78, 5) is 22.5. The maximum atomic E-state index is 12.3. The Bertz CT molecular complexity index is 750. The Morgan fingerprint density at radius 3 is 2.61 bits per heavy atom. The number of nitrogens with one attached hydrogen (secondary N) is 1. The summed E-state index contributed by atoms with van der Waals surface area (Å²) in [6.07, 6.45) is 0. The van der Waals surface area contributed by atoms with Crippen LogP contribution in [0.2, 0.25) is 0 Å². The highest BCUT2D eigenvalue weighted by molar-refractivity contribution is 6.05. The molecule has 0 saturated heterocycles. The Morgan fingerprint density at radius 2 is 1.96 bits per heavy atom. The Labute approximate surface area is 129 Å². The van der Waals surface area contributed by atoms with Gasteiger partial charge in [0, 0.05) is 17.2 Å². The topological polar surface area (TPSA) is 81.5 Å². The van der Waals surface area contributed by atoms with E-state index in [1.54, 1.807) is 6.92 Å². The first-order chi connectivity index (χ1) is 10.9. The molecule has 0 aliphatic carbocycles. The average Bonchev–Trinajstić information content (AvgIpc) is 2.48. The highest BCUT2D eigenvalue weighted by atomic mass is 19.3. The Hall–Kier alpha value is -3.03. The second-order valence-electron chi connectivity index (χ2n) is 4.59. The van der Waals surface area contributed by atoms with E-state index < -0.39 is 17.4 Å². The van der Waals surface area contributed by atoms with Crippen LogP contribution in [-0.4, -0.2) is 17.4 Å². The van der Waals surface area contributed by atoms with E-state index in [0.29, 0.717) is 5.56 Å². The summed E-state index contributed by atoms with van der Waals surface area (Å²) in [5.74, 6) is -0.865. The lowest BCUT2D eigenvalue weighted by Gasteiger charge is -2.11. The predicted molar refractivity (Wildman–Crippen MR) is 78.9 cm³/mol. The van der Waals surface area contributed by atoms with Crippen LogP contribution >= 0.6 is 0 Å². The molecule has 8 heteroatoms. The zero-order valence-corrected chi connectivity index (χ0v) is 12.0.